The summed E-state index contributed by atoms with van der Waals surface area (Å²) in [6.45, 7) is 6.73. The van der Waals surface area contributed by atoms with E-state index in [1.54, 1.807) is 0 Å². The van der Waals surface area contributed by atoms with E-state index < -0.39 is 0 Å². The second-order valence-electron chi connectivity index (χ2n) is 2.87. The highest BCUT2D eigenvalue weighted by Gasteiger charge is 1.89. The van der Waals surface area contributed by atoms with Crippen LogP contribution in [0.5, 0.6) is 0 Å². The third-order valence-electron chi connectivity index (χ3n) is 1.70. The average molecular weight is 161 g/mol. The lowest BCUT2D eigenvalue weighted by Crippen LogP contribution is -1.99. The summed E-state index contributed by atoms with van der Waals surface area (Å²) in [6.07, 6.45) is 2.93. The zero-order chi connectivity index (χ0) is 8.81. The smallest absolute Gasteiger partial charge is 0.0342 e. The summed E-state index contributed by atoms with van der Waals surface area (Å²) in [7, 11) is 0. The van der Waals surface area contributed by atoms with Crippen molar-refractivity contribution in [2.24, 2.45) is 0 Å². The molecule has 0 aliphatic rings. The molecule has 0 amide bonds. The maximum Gasteiger partial charge on any atom is 0.0342 e. The van der Waals surface area contributed by atoms with Crippen molar-refractivity contribution in [3.63, 3.8) is 0 Å². The third kappa shape index (κ3) is 2.79. The molecule has 64 valence electrons. The molecule has 0 atom stereocenters. The van der Waals surface area contributed by atoms with Gasteiger partial charge in [0.05, 0.1) is 0 Å². The molecule has 0 bridgehead atoms. The lowest BCUT2D eigenvalue weighted by atomic mass is 10.2. The summed E-state index contributed by atoms with van der Waals surface area (Å²) < 4.78 is 0. The van der Waals surface area contributed by atoms with Gasteiger partial charge in [0.15, 0.2) is 0 Å². The topological polar surface area (TPSA) is 12.0 Å². The second kappa shape index (κ2) is 4.60. The Kier molecular flexibility index (Phi) is 3.39. The number of hydrogen-bond donors (Lipinski definition) is 1. The van der Waals surface area contributed by atoms with Gasteiger partial charge in [0.1, 0.15) is 0 Å². The van der Waals surface area contributed by atoms with Gasteiger partial charge in [-0.3, -0.25) is 0 Å². The van der Waals surface area contributed by atoms with Crippen molar-refractivity contribution in [3.05, 3.63) is 42.5 Å². The van der Waals surface area contributed by atoms with Crippen LogP contribution in [0.25, 0.3) is 0 Å². The second-order valence-corrected chi connectivity index (χ2v) is 2.87. The lowest BCUT2D eigenvalue weighted by Gasteiger charge is -2.04. The molecule has 0 saturated carbocycles. The number of hydrogen-bond acceptors (Lipinski definition) is 1. The Morgan fingerprint density at radius 1 is 1.50 bits per heavy atom. The van der Waals surface area contributed by atoms with Gasteiger partial charge in [-0.05, 0) is 31.0 Å². The summed E-state index contributed by atoms with van der Waals surface area (Å²) >= 11 is 0. The quantitative estimate of drug-likeness (QED) is 0.528. The Labute approximate surface area is 74.1 Å². The number of anilines is 1. The molecule has 0 unspecified atom stereocenters. The van der Waals surface area contributed by atoms with E-state index in [2.05, 4.69) is 43.1 Å². The molecule has 1 heteroatoms. The zero-order valence-electron chi connectivity index (χ0n) is 7.51. The first kappa shape index (κ1) is 8.85. The fourth-order valence-electron chi connectivity index (χ4n) is 1.07. The predicted octanol–water partition coefficient (Wildman–Crippen LogP) is 2.98. The fraction of sp³-hybridized carbons (Fsp3) is 0.273. The van der Waals surface area contributed by atoms with Crippen molar-refractivity contribution in [3.8, 4) is 0 Å². The van der Waals surface area contributed by atoms with Crippen molar-refractivity contribution in [1.82, 2.24) is 0 Å². The molecule has 0 aliphatic heterocycles. The summed E-state index contributed by atoms with van der Waals surface area (Å²) in [4.78, 5) is 0. The number of nitrogens with one attached hydrogen (secondary N) is 1. The maximum atomic E-state index is 3.67. The van der Waals surface area contributed by atoms with E-state index in [0.717, 1.165) is 13.0 Å². The summed E-state index contributed by atoms with van der Waals surface area (Å²) in [5.41, 5.74) is 2.48. The first-order valence-electron chi connectivity index (χ1n) is 4.24. The number of benzene rings is 1. The minimum atomic E-state index is 0.965. The first-order chi connectivity index (χ1) is 5.83. The van der Waals surface area contributed by atoms with Crippen molar-refractivity contribution >= 4 is 5.69 Å². The summed E-state index contributed by atoms with van der Waals surface area (Å²) in [5, 5.41) is 3.32. The molecule has 1 aromatic carbocycles. The highest BCUT2D eigenvalue weighted by atomic mass is 14.9. The molecule has 1 aromatic rings. The summed E-state index contributed by atoms with van der Waals surface area (Å²) in [6, 6.07) is 8.38. The molecule has 1 rings (SSSR count). The van der Waals surface area contributed by atoms with Gasteiger partial charge >= 0.3 is 0 Å². The van der Waals surface area contributed by atoms with Crippen LogP contribution >= 0.6 is 0 Å². The maximum absolute atomic E-state index is 3.67. The third-order valence-corrected chi connectivity index (χ3v) is 1.70. The monoisotopic (exact) mass is 161 g/mol. The molecule has 0 radical (unpaired) electrons. The van der Waals surface area contributed by atoms with Crippen LogP contribution in [-0.4, -0.2) is 6.54 Å². The lowest BCUT2D eigenvalue weighted by molar-refractivity contribution is 1.07. The Morgan fingerprint density at radius 2 is 2.33 bits per heavy atom. The molecule has 1 nitrogen and oxygen atoms in total. The van der Waals surface area contributed by atoms with Crippen molar-refractivity contribution in [1.29, 1.82) is 0 Å². The Morgan fingerprint density at radius 3 is 3.00 bits per heavy atom. The standard InChI is InChI=1S/C11H15N/c1-3-4-8-12-11-7-5-6-10(2)9-11/h3,5-7,9,12H,1,4,8H2,2H3. The molecule has 0 saturated heterocycles. The van der Waals surface area contributed by atoms with Crippen LogP contribution in [0.15, 0.2) is 36.9 Å². The van der Waals surface area contributed by atoms with Crippen LogP contribution in [0.4, 0.5) is 5.69 Å². The van der Waals surface area contributed by atoms with Crippen LogP contribution in [0.1, 0.15) is 12.0 Å². The zero-order valence-corrected chi connectivity index (χ0v) is 7.51. The molecule has 0 heterocycles. The van der Waals surface area contributed by atoms with Crippen LogP contribution in [0.2, 0.25) is 0 Å². The molecular weight excluding hydrogens is 146 g/mol. The highest BCUT2D eigenvalue weighted by molar-refractivity contribution is 5.45. The van der Waals surface area contributed by atoms with Crippen LogP contribution in [-0.2, 0) is 0 Å². The van der Waals surface area contributed by atoms with Gasteiger partial charge in [0.2, 0.25) is 0 Å². The van der Waals surface area contributed by atoms with E-state index in [4.69, 9.17) is 0 Å². The van der Waals surface area contributed by atoms with E-state index in [1.807, 2.05) is 6.08 Å². The first-order valence-corrected chi connectivity index (χ1v) is 4.24. The number of aryl methyl sites for hydroxylation is 1. The largest absolute Gasteiger partial charge is 0.385 e. The van der Waals surface area contributed by atoms with Crippen molar-refractivity contribution in [2.45, 2.75) is 13.3 Å². The molecule has 0 aromatic heterocycles. The van der Waals surface area contributed by atoms with Crippen molar-refractivity contribution in [2.75, 3.05) is 11.9 Å². The van der Waals surface area contributed by atoms with Crippen LogP contribution < -0.4 is 5.32 Å². The average Bonchev–Trinajstić information content (AvgIpc) is 2.05. The molecule has 0 fully saturated rings. The minimum Gasteiger partial charge on any atom is -0.385 e. The van der Waals surface area contributed by atoms with Crippen LogP contribution in [0.3, 0.4) is 0 Å². The SMILES string of the molecule is C=CCCNc1cccc(C)c1. The molecule has 12 heavy (non-hydrogen) atoms. The molecule has 0 aliphatic carbocycles. The van der Waals surface area contributed by atoms with Gasteiger partial charge in [-0.25, -0.2) is 0 Å². The van der Waals surface area contributed by atoms with Gasteiger partial charge in [-0.15, -0.1) is 6.58 Å². The van der Waals surface area contributed by atoms with E-state index in [-0.39, 0.29) is 0 Å². The molecular formula is C11H15N. The van der Waals surface area contributed by atoms with E-state index in [9.17, 15) is 0 Å². The Hall–Kier alpha value is -1.24. The van der Waals surface area contributed by atoms with Crippen LogP contribution in [0, 0.1) is 6.92 Å². The Balaban J connectivity index is 2.46. The molecule has 1 N–H and O–H groups in total. The van der Waals surface area contributed by atoms with Gasteiger partial charge in [-0.1, -0.05) is 18.2 Å². The van der Waals surface area contributed by atoms with Gasteiger partial charge in [0, 0.05) is 12.2 Å². The molecule has 0 spiro atoms. The van der Waals surface area contributed by atoms with E-state index in [1.165, 1.54) is 11.3 Å². The van der Waals surface area contributed by atoms with E-state index >= 15 is 0 Å². The van der Waals surface area contributed by atoms with Crippen molar-refractivity contribution < 1.29 is 0 Å². The van der Waals surface area contributed by atoms with Gasteiger partial charge < -0.3 is 5.32 Å². The summed E-state index contributed by atoms with van der Waals surface area (Å²) in [5.74, 6) is 0. The normalized spacial score (nSPS) is 9.42. The Bertz CT molecular complexity index is 253. The fourth-order valence-corrected chi connectivity index (χ4v) is 1.07. The predicted molar refractivity (Wildman–Crippen MR) is 54.5 cm³/mol. The van der Waals surface area contributed by atoms with Gasteiger partial charge in [0.25, 0.3) is 0 Å². The van der Waals surface area contributed by atoms with Gasteiger partial charge in [-0.2, -0.15) is 0 Å². The highest BCUT2D eigenvalue weighted by Crippen LogP contribution is 2.08. The number of rotatable bonds is 4. The minimum absolute atomic E-state index is 0.965. The van der Waals surface area contributed by atoms with E-state index in [0.29, 0.717) is 0 Å².